The van der Waals surface area contributed by atoms with Crippen LogP contribution in [0.5, 0.6) is 5.75 Å². The lowest BCUT2D eigenvalue weighted by Crippen LogP contribution is -2.44. The maximum Gasteiger partial charge on any atom is 0.260 e. The van der Waals surface area contributed by atoms with Gasteiger partial charge in [-0.2, -0.15) is 0 Å². The Hall–Kier alpha value is -2.83. The average molecular weight is 369 g/mol. The number of rotatable bonds is 7. The van der Waals surface area contributed by atoms with Crippen molar-refractivity contribution in [3.63, 3.8) is 0 Å². The Morgan fingerprint density at radius 3 is 2.85 bits per heavy atom. The minimum Gasteiger partial charge on any atom is -0.481 e. The number of amides is 1. The van der Waals surface area contributed by atoms with Crippen molar-refractivity contribution in [3.05, 3.63) is 42.2 Å². The molecule has 0 radical (unpaired) electrons. The van der Waals surface area contributed by atoms with E-state index in [2.05, 4.69) is 25.5 Å². The summed E-state index contributed by atoms with van der Waals surface area (Å²) < 4.78 is 5.73. The van der Waals surface area contributed by atoms with E-state index in [1.54, 1.807) is 13.3 Å². The van der Waals surface area contributed by atoms with Crippen molar-refractivity contribution in [1.82, 2.24) is 15.3 Å². The molecule has 0 saturated carbocycles. The van der Waals surface area contributed by atoms with Gasteiger partial charge in [0.05, 0.1) is 0 Å². The molecule has 3 rings (SSSR count). The molecular formula is C20H27N5O2. The van der Waals surface area contributed by atoms with Crippen LogP contribution in [0.1, 0.15) is 25.3 Å². The maximum absolute atomic E-state index is 12.4. The number of hydrogen-bond donors (Lipinski definition) is 2. The Kier molecular flexibility index (Phi) is 6.11. The van der Waals surface area contributed by atoms with Gasteiger partial charge in [0.15, 0.2) is 6.10 Å². The van der Waals surface area contributed by atoms with Gasteiger partial charge in [-0.25, -0.2) is 9.97 Å². The molecule has 1 amide bonds. The van der Waals surface area contributed by atoms with E-state index in [1.807, 2.05) is 44.3 Å². The molecule has 7 nitrogen and oxygen atoms in total. The van der Waals surface area contributed by atoms with E-state index >= 15 is 0 Å². The second-order valence-electron chi connectivity index (χ2n) is 6.82. The van der Waals surface area contributed by atoms with E-state index in [9.17, 15) is 4.79 Å². The molecule has 0 spiro atoms. The monoisotopic (exact) mass is 369 g/mol. The number of ether oxygens (including phenoxy) is 1. The van der Waals surface area contributed by atoms with E-state index < -0.39 is 6.10 Å². The van der Waals surface area contributed by atoms with Crippen molar-refractivity contribution in [3.8, 4) is 5.75 Å². The van der Waals surface area contributed by atoms with Crippen molar-refractivity contribution in [2.24, 2.45) is 0 Å². The fraction of sp³-hybridized carbons (Fsp3) is 0.450. The van der Waals surface area contributed by atoms with Gasteiger partial charge in [0.1, 0.15) is 23.7 Å². The zero-order chi connectivity index (χ0) is 19.2. The first-order valence-corrected chi connectivity index (χ1v) is 9.34. The molecule has 1 saturated heterocycles. The summed E-state index contributed by atoms with van der Waals surface area (Å²) in [5.74, 6) is 2.26. The molecule has 7 heteroatoms. The van der Waals surface area contributed by atoms with Crippen molar-refractivity contribution in [2.45, 2.75) is 38.8 Å². The summed E-state index contributed by atoms with van der Waals surface area (Å²) in [5.41, 5.74) is 1.16. The van der Waals surface area contributed by atoms with Crippen LogP contribution in [-0.4, -0.2) is 48.2 Å². The number of hydrogen-bond acceptors (Lipinski definition) is 6. The zero-order valence-corrected chi connectivity index (χ0v) is 16.1. The molecule has 2 heterocycles. The molecule has 1 fully saturated rings. The minimum absolute atomic E-state index is 0.110. The molecule has 0 aliphatic carbocycles. The van der Waals surface area contributed by atoms with E-state index in [0.29, 0.717) is 12.3 Å². The van der Waals surface area contributed by atoms with Gasteiger partial charge in [-0.15, -0.1) is 0 Å². The second kappa shape index (κ2) is 8.70. The zero-order valence-electron chi connectivity index (χ0n) is 16.1. The molecule has 2 unspecified atom stereocenters. The second-order valence-corrected chi connectivity index (χ2v) is 6.82. The number of nitrogens with zero attached hydrogens (tertiary/aromatic N) is 3. The Bertz CT molecular complexity index is 765. The molecule has 1 aromatic heterocycles. The predicted molar refractivity (Wildman–Crippen MR) is 106 cm³/mol. The average Bonchev–Trinajstić information content (AvgIpc) is 3.16. The quantitative estimate of drug-likeness (QED) is 0.780. The van der Waals surface area contributed by atoms with Crippen molar-refractivity contribution in [1.29, 1.82) is 0 Å². The summed E-state index contributed by atoms with van der Waals surface area (Å²) in [5, 5.41) is 6.05. The summed E-state index contributed by atoms with van der Waals surface area (Å²) in [6, 6.07) is 9.86. The molecule has 1 aliphatic heterocycles. The van der Waals surface area contributed by atoms with Gasteiger partial charge in [-0.1, -0.05) is 17.7 Å². The highest BCUT2D eigenvalue weighted by Gasteiger charge is 2.27. The van der Waals surface area contributed by atoms with Gasteiger partial charge in [-0.3, -0.25) is 4.79 Å². The molecule has 2 aromatic rings. The number of anilines is 2. The van der Waals surface area contributed by atoms with Crippen LogP contribution in [0.15, 0.2) is 36.7 Å². The van der Waals surface area contributed by atoms with Crippen LogP contribution in [0.25, 0.3) is 0 Å². The molecule has 1 aliphatic rings. The summed E-state index contributed by atoms with van der Waals surface area (Å²) in [7, 11) is 1.84. The normalized spacial score (nSPS) is 17.4. The Morgan fingerprint density at radius 2 is 2.11 bits per heavy atom. The van der Waals surface area contributed by atoms with E-state index in [-0.39, 0.29) is 11.9 Å². The number of aryl methyl sites for hydroxylation is 1. The molecule has 0 bridgehead atoms. The summed E-state index contributed by atoms with van der Waals surface area (Å²) in [4.78, 5) is 23.2. The molecule has 144 valence electrons. The standard InChI is InChI=1S/C20H27N5O2/c1-14-6-8-17(9-7-14)27-15(2)20(26)22-12-16-5-4-10-25(16)19-11-18(21-3)23-13-24-19/h6-9,11,13,15-16H,4-5,10,12H2,1-3H3,(H,22,26)(H,21,23,24). The van der Waals surface area contributed by atoms with E-state index in [0.717, 1.165) is 36.6 Å². The molecule has 2 N–H and O–H groups in total. The number of aromatic nitrogens is 2. The molecular weight excluding hydrogens is 342 g/mol. The fourth-order valence-corrected chi connectivity index (χ4v) is 3.23. The lowest BCUT2D eigenvalue weighted by atomic mass is 10.2. The topological polar surface area (TPSA) is 79.4 Å². The highest BCUT2D eigenvalue weighted by Crippen LogP contribution is 2.24. The smallest absolute Gasteiger partial charge is 0.260 e. The molecule has 27 heavy (non-hydrogen) atoms. The van der Waals surface area contributed by atoms with Gasteiger partial charge in [0, 0.05) is 32.2 Å². The first-order chi connectivity index (χ1) is 13.1. The SMILES string of the molecule is CNc1cc(N2CCCC2CNC(=O)C(C)Oc2ccc(C)cc2)ncn1. The lowest BCUT2D eigenvalue weighted by Gasteiger charge is -2.26. The van der Waals surface area contributed by atoms with Gasteiger partial charge in [0.25, 0.3) is 5.91 Å². The van der Waals surface area contributed by atoms with Crippen LogP contribution in [-0.2, 0) is 4.79 Å². The van der Waals surface area contributed by atoms with Crippen LogP contribution in [0.4, 0.5) is 11.6 Å². The van der Waals surface area contributed by atoms with Crippen LogP contribution in [0.2, 0.25) is 0 Å². The Balaban J connectivity index is 1.54. The summed E-state index contributed by atoms with van der Waals surface area (Å²) in [6.07, 6.45) is 3.12. The summed E-state index contributed by atoms with van der Waals surface area (Å²) in [6.45, 7) is 5.28. The third-order valence-corrected chi connectivity index (χ3v) is 4.80. The third-order valence-electron chi connectivity index (χ3n) is 4.80. The number of carbonyl (C=O) groups is 1. The van der Waals surface area contributed by atoms with Gasteiger partial charge in [-0.05, 0) is 38.8 Å². The lowest BCUT2D eigenvalue weighted by molar-refractivity contribution is -0.127. The third kappa shape index (κ3) is 4.87. The Morgan fingerprint density at radius 1 is 1.33 bits per heavy atom. The van der Waals surface area contributed by atoms with Crippen LogP contribution >= 0.6 is 0 Å². The van der Waals surface area contributed by atoms with Crippen LogP contribution < -0.4 is 20.3 Å². The minimum atomic E-state index is -0.544. The van der Waals surface area contributed by atoms with Crippen LogP contribution in [0.3, 0.4) is 0 Å². The van der Waals surface area contributed by atoms with Gasteiger partial charge in [0.2, 0.25) is 0 Å². The van der Waals surface area contributed by atoms with Crippen molar-refractivity contribution in [2.75, 3.05) is 30.4 Å². The first-order valence-electron chi connectivity index (χ1n) is 9.34. The molecule has 2 atom stereocenters. The van der Waals surface area contributed by atoms with E-state index in [1.165, 1.54) is 0 Å². The summed E-state index contributed by atoms with van der Waals surface area (Å²) >= 11 is 0. The van der Waals surface area contributed by atoms with Gasteiger partial charge >= 0.3 is 0 Å². The number of benzene rings is 1. The highest BCUT2D eigenvalue weighted by molar-refractivity contribution is 5.80. The Labute approximate surface area is 160 Å². The number of nitrogens with one attached hydrogen (secondary N) is 2. The predicted octanol–water partition coefficient (Wildman–Crippen LogP) is 2.38. The van der Waals surface area contributed by atoms with Gasteiger partial charge < -0.3 is 20.3 Å². The highest BCUT2D eigenvalue weighted by atomic mass is 16.5. The van der Waals surface area contributed by atoms with E-state index in [4.69, 9.17) is 4.74 Å². The fourth-order valence-electron chi connectivity index (χ4n) is 3.23. The first kappa shape index (κ1) is 18.9. The number of carbonyl (C=O) groups excluding carboxylic acids is 1. The maximum atomic E-state index is 12.4. The largest absolute Gasteiger partial charge is 0.481 e. The van der Waals surface area contributed by atoms with Crippen LogP contribution in [0, 0.1) is 6.92 Å². The van der Waals surface area contributed by atoms with Crippen molar-refractivity contribution < 1.29 is 9.53 Å². The molecule has 1 aromatic carbocycles. The van der Waals surface area contributed by atoms with Crippen molar-refractivity contribution >= 4 is 17.5 Å².